The summed E-state index contributed by atoms with van der Waals surface area (Å²) in [5.74, 6) is 2.61. The van der Waals surface area contributed by atoms with Gasteiger partial charge in [0.2, 0.25) is 0 Å². The van der Waals surface area contributed by atoms with Gasteiger partial charge in [-0.15, -0.1) is 0 Å². The van der Waals surface area contributed by atoms with Crippen molar-refractivity contribution >= 4 is 17.3 Å². The Kier molecular flexibility index (Phi) is 4.66. The third-order valence-corrected chi connectivity index (χ3v) is 4.00. The van der Waals surface area contributed by atoms with Crippen LogP contribution in [-0.2, 0) is 10.2 Å². The Morgan fingerprint density at radius 3 is 2.50 bits per heavy atom. The van der Waals surface area contributed by atoms with E-state index in [1.807, 2.05) is 19.1 Å². The van der Waals surface area contributed by atoms with E-state index in [9.17, 15) is 0 Å². The van der Waals surface area contributed by atoms with Gasteiger partial charge in [-0.25, -0.2) is 15.0 Å². The molecule has 128 valence electrons. The van der Waals surface area contributed by atoms with Crippen LogP contribution in [0.1, 0.15) is 32.3 Å². The first kappa shape index (κ1) is 16.6. The van der Waals surface area contributed by atoms with E-state index in [0.29, 0.717) is 0 Å². The topological polar surface area (TPSA) is 63.2 Å². The summed E-state index contributed by atoms with van der Waals surface area (Å²) in [5.41, 5.74) is 1.84. The van der Waals surface area contributed by atoms with Gasteiger partial charge in [-0.3, -0.25) is 0 Å². The lowest BCUT2D eigenvalue weighted by Gasteiger charge is -2.28. The molecule has 0 radical (unpaired) electrons. The molecule has 2 aromatic rings. The minimum Gasteiger partial charge on any atom is -0.378 e. The maximum absolute atomic E-state index is 5.40. The highest BCUT2D eigenvalue weighted by atomic mass is 16.5. The number of ether oxygens (including phenoxy) is 1. The van der Waals surface area contributed by atoms with Crippen LogP contribution in [0.15, 0.2) is 24.4 Å². The molecule has 1 fully saturated rings. The minimum absolute atomic E-state index is 0.0782. The van der Waals surface area contributed by atoms with Gasteiger partial charge in [0, 0.05) is 24.7 Å². The van der Waals surface area contributed by atoms with Crippen molar-refractivity contribution in [3.05, 3.63) is 35.9 Å². The second-order valence-corrected chi connectivity index (χ2v) is 7.04. The van der Waals surface area contributed by atoms with E-state index in [0.717, 1.165) is 55.1 Å². The third-order valence-electron chi connectivity index (χ3n) is 4.00. The number of rotatable bonds is 3. The smallest absolute Gasteiger partial charge is 0.135 e. The molecule has 2 aromatic heterocycles. The number of aryl methyl sites for hydroxylation is 1. The van der Waals surface area contributed by atoms with E-state index in [-0.39, 0.29) is 5.41 Å². The second-order valence-electron chi connectivity index (χ2n) is 7.04. The van der Waals surface area contributed by atoms with Crippen LogP contribution in [0.25, 0.3) is 0 Å². The minimum atomic E-state index is -0.0782. The van der Waals surface area contributed by atoms with Crippen molar-refractivity contribution in [1.29, 1.82) is 0 Å². The molecule has 3 heterocycles. The Morgan fingerprint density at radius 1 is 1.08 bits per heavy atom. The number of nitrogens with one attached hydrogen (secondary N) is 1. The van der Waals surface area contributed by atoms with Crippen molar-refractivity contribution in [3.8, 4) is 0 Å². The molecule has 3 rings (SSSR count). The molecule has 24 heavy (non-hydrogen) atoms. The van der Waals surface area contributed by atoms with Gasteiger partial charge in [0.05, 0.1) is 24.6 Å². The summed E-state index contributed by atoms with van der Waals surface area (Å²) in [4.78, 5) is 16.0. The first-order valence-electron chi connectivity index (χ1n) is 8.34. The predicted molar refractivity (Wildman–Crippen MR) is 96.0 cm³/mol. The summed E-state index contributed by atoms with van der Waals surface area (Å²) in [5, 5.41) is 3.36. The van der Waals surface area contributed by atoms with Gasteiger partial charge in [0.25, 0.3) is 0 Å². The quantitative estimate of drug-likeness (QED) is 0.935. The third kappa shape index (κ3) is 3.82. The Labute approximate surface area is 143 Å². The molecular weight excluding hydrogens is 302 g/mol. The highest BCUT2D eigenvalue weighted by molar-refractivity contribution is 5.61. The summed E-state index contributed by atoms with van der Waals surface area (Å²) in [6.07, 6.45) is 1.79. The fraction of sp³-hybridized carbons (Fsp3) is 0.500. The lowest BCUT2D eigenvalue weighted by Crippen LogP contribution is -2.36. The SMILES string of the molecule is Cc1nc(N2CCOCC2)ccc1Nc1ccnc(C(C)(C)C)n1. The molecule has 0 aliphatic carbocycles. The molecule has 0 amide bonds. The van der Waals surface area contributed by atoms with E-state index in [4.69, 9.17) is 9.72 Å². The molecule has 0 atom stereocenters. The molecule has 0 bridgehead atoms. The van der Waals surface area contributed by atoms with Crippen molar-refractivity contribution in [3.63, 3.8) is 0 Å². The molecule has 1 aliphatic heterocycles. The summed E-state index contributed by atoms with van der Waals surface area (Å²) in [7, 11) is 0. The molecular formula is C18H25N5O. The van der Waals surface area contributed by atoms with Gasteiger partial charge in [-0.05, 0) is 25.1 Å². The van der Waals surface area contributed by atoms with E-state index < -0.39 is 0 Å². The number of hydrogen-bond acceptors (Lipinski definition) is 6. The van der Waals surface area contributed by atoms with Crippen LogP contribution in [0.5, 0.6) is 0 Å². The number of nitrogens with zero attached hydrogens (tertiary/aromatic N) is 4. The van der Waals surface area contributed by atoms with Crippen molar-refractivity contribution in [2.75, 3.05) is 36.5 Å². The van der Waals surface area contributed by atoms with Crippen LogP contribution in [0.2, 0.25) is 0 Å². The number of pyridine rings is 1. The van der Waals surface area contributed by atoms with Crippen LogP contribution >= 0.6 is 0 Å². The van der Waals surface area contributed by atoms with Gasteiger partial charge in [-0.1, -0.05) is 20.8 Å². The van der Waals surface area contributed by atoms with E-state index in [1.165, 1.54) is 0 Å². The summed E-state index contributed by atoms with van der Waals surface area (Å²) in [6.45, 7) is 11.6. The Morgan fingerprint density at radius 2 is 1.83 bits per heavy atom. The monoisotopic (exact) mass is 327 g/mol. The van der Waals surface area contributed by atoms with E-state index in [2.05, 4.69) is 47.0 Å². The average molecular weight is 327 g/mol. The molecule has 1 saturated heterocycles. The highest BCUT2D eigenvalue weighted by Crippen LogP contribution is 2.24. The van der Waals surface area contributed by atoms with Crippen LogP contribution in [-0.4, -0.2) is 41.3 Å². The zero-order valence-corrected chi connectivity index (χ0v) is 14.8. The number of morpholine rings is 1. The molecule has 0 unspecified atom stereocenters. The zero-order chi connectivity index (χ0) is 17.2. The Hall–Kier alpha value is -2.21. The highest BCUT2D eigenvalue weighted by Gasteiger charge is 2.18. The van der Waals surface area contributed by atoms with Crippen molar-refractivity contribution < 1.29 is 4.74 Å². The van der Waals surface area contributed by atoms with E-state index >= 15 is 0 Å². The number of hydrogen-bond donors (Lipinski definition) is 1. The molecule has 0 saturated carbocycles. The number of anilines is 3. The Bertz CT molecular complexity index is 705. The normalized spacial score (nSPS) is 15.4. The molecule has 1 aliphatic rings. The molecule has 1 N–H and O–H groups in total. The zero-order valence-electron chi connectivity index (χ0n) is 14.8. The van der Waals surface area contributed by atoms with Crippen LogP contribution in [0, 0.1) is 6.92 Å². The van der Waals surface area contributed by atoms with Crippen LogP contribution in [0.4, 0.5) is 17.3 Å². The summed E-state index contributed by atoms with van der Waals surface area (Å²) in [6, 6.07) is 5.99. The molecule has 6 nitrogen and oxygen atoms in total. The average Bonchev–Trinajstić information content (AvgIpc) is 2.57. The second kappa shape index (κ2) is 6.73. The maximum atomic E-state index is 5.40. The largest absolute Gasteiger partial charge is 0.378 e. The fourth-order valence-corrected chi connectivity index (χ4v) is 2.58. The Balaban J connectivity index is 1.78. The van der Waals surface area contributed by atoms with Crippen LogP contribution < -0.4 is 10.2 Å². The standard InChI is InChI=1S/C18H25N5O/c1-13-14(5-6-16(20-13)23-9-11-24-12-10-23)21-15-7-8-19-17(22-15)18(2,3)4/h5-8H,9-12H2,1-4H3,(H,19,21,22). The number of aromatic nitrogens is 3. The van der Waals surface area contributed by atoms with Crippen molar-refractivity contribution in [1.82, 2.24) is 15.0 Å². The van der Waals surface area contributed by atoms with Crippen LogP contribution in [0.3, 0.4) is 0 Å². The van der Waals surface area contributed by atoms with Crippen molar-refractivity contribution in [2.45, 2.75) is 33.1 Å². The first-order valence-corrected chi connectivity index (χ1v) is 8.34. The lowest BCUT2D eigenvalue weighted by molar-refractivity contribution is 0.122. The lowest BCUT2D eigenvalue weighted by atomic mass is 9.96. The summed E-state index contributed by atoms with van der Waals surface area (Å²) >= 11 is 0. The van der Waals surface area contributed by atoms with Crippen molar-refractivity contribution in [2.24, 2.45) is 0 Å². The van der Waals surface area contributed by atoms with Gasteiger partial charge in [0.1, 0.15) is 17.5 Å². The fourth-order valence-electron chi connectivity index (χ4n) is 2.58. The van der Waals surface area contributed by atoms with Gasteiger partial charge in [-0.2, -0.15) is 0 Å². The molecule has 0 aromatic carbocycles. The predicted octanol–water partition coefficient (Wildman–Crippen LogP) is 3.06. The maximum Gasteiger partial charge on any atom is 0.135 e. The molecule has 6 heteroatoms. The van der Waals surface area contributed by atoms with Gasteiger partial charge < -0.3 is 15.0 Å². The van der Waals surface area contributed by atoms with Gasteiger partial charge in [0.15, 0.2) is 0 Å². The van der Waals surface area contributed by atoms with Gasteiger partial charge >= 0.3 is 0 Å². The molecule has 0 spiro atoms. The van der Waals surface area contributed by atoms with E-state index in [1.54, 1.807) is 6.20 Å². The summed E-state index contributed by atoms with van der Waals surface area (Å²) < 4.78 is 5.40. The first-order chi connectivity index (χ1) is 11.4.